The Balaban J connectivity index is 1.89. The summed E-state index contributed by atoms with van der Waals surface area (Å²) in [6.45, 7) is 5.04. The minimum Gasteiger partial charge on any atom is -0.315 e. The van der Waals surface area contributed by atoms with E-state index in [4.69, 9.17) is 0 Å². The number of rotatable bonds is 3. The summed E-state index contributed by atoms with van der Waals surface area (Å²) in [5.74, 6) is 0. The van der Waals surface area contributed by atoms with Crippen molar-refractivity contribution in [2.75, 3.05) is 53.4 Å². The van der Waals surface area contributed by atoms with E-state index in [1.54, 1.807) is 18.4 Å². The lowest BCUT2D eigenvalue weighted by Crippen LogP contribution is -2.54. The molecule has 2 fully saturated rings. The Morgan fingerprint density at radius 2 is 1.82 bits per heavy atom. The summed E-state index contributed by atoms with van der Waals surface area (Å²) in [5, 5.41) is 3.35. The second-order valence-corrected chi connectivity index (χ2v) is 7.01. The van der Waals surface area contributed by atoms with Gasteiger partial charge in [-0.25, -0.2) is 0 Å². The highest BCUT2D eigenvalue weighted by molar-refractivity contribution is 7.86. The Labute approximate surface area is 104 Å². The number of hydrogen-bond donors (Lipinski definition) is 1. The molecular formula is C10H22N4O2S. The Morgan fingerprint density at radius 1 is 1.18 bits per heavy atom. The fourth-order valence-electron chi connectivity index (χ4n) is 2.48. The first-order chi connectivity index (χ1) is 8.01. The molecule has 1 unspecified atom stereocenters. The number of hydrogen-bond acceptors (Lipinski definition) is 4. The van der Waals surface area contributed by atoms with Gasteiger partial charge in [0.15, 0.2) is 0 Å². The Morgan fingerprint density at radius 3 is 2.29 bits per heavy atom. The van der Waals surface area contributed by atoms with E-state index >= 15 is 0 Å². The normalized spacial score (nSPS) is 29.0. The fraction of sp³-hybridized carbons (Fsp3) is 1.00. The van der Waals surface area contributed by atoms with Crippen LogP contribution in [0.1, 0.15) is 6.42 Å². The van der Waals surface area contributed by atoms with Crippen molar-refractivity contribution in [3.05, 3.63) is 0 Å². The highest BCUT2D eigenvalue weighted by Gasteiger charge is 2.31. The molecule has 17 heavy (non-hydrogen) atoms. The monoisotopic (exact) mass is 262 g/mol. The van der Waals surface area contributed by atoms with Crippen molar-refractivity contribution in [3.63, 3.8) is 0 Å². The van der Waals surface area contributed by atoms with Gasteiger partial charge in [0.05, 0.1) is 0 Å². The lowest BCUT2D eigenvalue weighted by Gasteiger charge is -2.37. The molecule has 1 atom stereocenters. The standard InChI is InChI=1S/C10H22N4O2S/c1-12(2)17(15,16)14-7-5-13(6-8-14)10-3-4-11-9-10/h10-11H,3-9H2,1-2H3. The van der Waals surface area contributed by atoms with E-state index in [9.17, 15) is 8.42 Å². The van der Waals surface area contributed by atoms with Gasteiger partial charge in [0.1, 0.15) is 0 Å². The van der Waals surface area contributed by atoms with E-state index in [1.165, 1.54) is 10.7 Å². The van der Waals surface area contributed by atoms with Gasteiger partial charge in [-0.15, -0.1) is 0 Å². The predicted octanol–water partition coefficient (Wildman–Crippen LogP) is -1.23. The van der Waals surface area contributed by atoms with E-state index in [0.29, 0.717) is 19.1 Å². The van der Waals surface area contributed by atoms with Crippen LogP contribution in [0.25, 0.3) is 0 Å². The zero-order valence-corrected chi connectivity index (χ0v) is 11.4. The van der Waals surface area contributed by atoms with Crippen LogP contribution in [0.5, 0.6) is 0 Å². The molecule has 7 heteroatoms. The minimum atomic E-state index is -3.22. The molecule has 6 nitrogen and oxygen atoms in total. The average molecular weight is 262 g/mol. The number of nitrogens with zero attached hydrogens (tertiary/aromatic N) is 3. The van der Waals surface area contributed by atoms with Crippen molar-refractivity contribution >= 4 is 10.2 Å². The zero-order chi connectivity index (χ0) is 12.5. The molecule has 100 valence electrons. The maximum atomic E-state index is 11.9. The van der Waals surface area contributed by atoms with Crippen molar-refractivity contribution in [1.82, 2.24) is 18.8 Å². The molecule has 2 rings (SSSR count). The first-order valence-corrected chi connectivity index (χ1v) is 7.54. The number of piperazine rings is 1. The van der Waals surface area contributed by atoms with Crippen LogP contribution >= 0.6 is 0 Å². The first-order valence-electron chi connectivity index (χ1n) is 6.14. The first kappa shape index (κ1) is 13.2. The Hall–Kier alpha value is -0.210. The molecule has 0 bridgehead atoms. The van der Waals surface area contributed by atoms with Gasteiger partial charge in [-0.1, -0.05) is 0 Å². The molecule has 2 heterocycles. The van der Waals surface area contributed by atoms with Crippen LogP contribution in [0.3, 0.4) is 0 Å². The van der Waals surface area contributed by atoms with Gasteiger partial charge < -0.3 is 5.32 Å². The van der Waals surface area contributed by atoms with Gasteiger partial charge in [0.2, 0.25) is 0 Å². The van der Waals surface area contributed by atoms with Crippen molar-refractivity contribution < 1.29 is 8.42 Å². The quantitative estimate of drug-likeness (QED) is 0.692. The van der Waals surface area contributed by atoms with E-state index in [0.717, 1.165) is 26.2 Å². The number of nitrogens with one attached hydrogen (secondary N) is 1. The van der Waals surface area contributed by atoms with Gasteiger partial charge in [0, 0.05) is 52.9 Å². The molecular weight excluding hydrogens is 240 g/mol. The second-order valence-electron chi connectivity index (χ2n) is 4.87. The van der Waals surface area contributed by atoms with Crippen LogP contribution < -0.4 is 5.32 Å². The van der Waals surface area contributed by atoms with Crippen LogP contribution in [0, 0.1) is 0 Å². The summed E-state index contributed by atoms with van der Waals surface area (Å²) in [7, 11) is -0.0507. The van der Waals surface area contributed by atoms with Crippen LogP contribution in [0.15, 0.2) is 0 Å². The summed E-state index contributed by atoms with van der Waals surface area (Å²) in [6.07, 6.45) is 1.18. The molecule has 0 spiro atoms. The maximum absolute atomic E-state index is 11.9. The molecule has 2 saturated heterocycles. The van der Waals surface area contributed by atoms with E-state index in [-0.39, 0.29) is 0 Å². The smallest absolute Gasteiger partial charge is 0.281 e. The summed E-state index contributed by atoms with van der Waals surface area (Å²) < 4.78 is 26.7. The third-order valence-corrected chi connectivity index (χ3v) is 5.55. The molecule has 0 amide bonds. The van der Waals surface area contributed by atoms with Crippen molar-refractivity contribution in [2.24, 2.45) is 0 Å². The third kappa shape index (κ3) is 2.79. The third-order valence-electron chi connectivity index (χ3n) is 3.61. The molecule has 2 aliphatic heterocycles. The molecule has 1 N–H and O–H groups in total. The van der Waals surface area contributed by atoms with Crippen LogP contribution in [0.2, 0.25) is 0 Å². The molecule has 0 saturated carbocycles. The minimum absolute atomic E-state index is 0.596. The van der Waals surface area contributed by atoms with E-state index < -0.39 is 10.2 Å². The van der Waals surface area contributed by atoms with Crippen molar-refractivity contribution in [3.8, 4) is 0 Å². The van der Waals surface area contributed by atoms with Crippen molar-refractivity contribution in [2.45, 2.75) is 12.5 Å². The van der Waals surface area contributed by atoms with Gasteiger partial charge in [-0.2, -0.15) is 17.0 Å². The molecule has 0 aliphatic carbocycles. The predicted molar refractivity (Wildman–Crippen MR) is 67.0 cm³/mol. The average Bonchev–Trinajstić information content (AvgIpc) is 2.82. The molecule has 0 aromatic carbocycles. The molecule has 0 radical (unpaired) electrons. The maximum Gasteiger partial charge on any atom is 0.281 e. The van der Waals surface area contributed by atoms with E-state index in [1.807, 2.05) is 0 Å². The van der Waals surface area contributed by atoms with Crippen molar-refractivity contribution in [1.29, 1.82) is 0 Å². The van der Waals surface area contributed by atoms with Gasteiger partial charge >= 0.3 is 0 Å². The topological polar surface area (TPSA) is 55.9 Å². The fourth-order valence-corrected chi connectivity index (χ4v) is 3.57. The highest BCUT2D eigenvalue weighted by atomic mass is 32.2. The lowest BCUT2D eigenvalue weighted by atomic mass is 10.2. The Bertz CT molecular complexity index is 343. The SMILES string of the molecule is CN(C)S(=O)(=O)N1CCN(C2CCNC2)CC1. The van der Waals surface area contributed by atoms with E-state index in [2.05, 4.69) is 10.2 Å². The van der Waals surface area contributed by atoms with Crippen LogP contribution in [-0.4, -0.2) is 81.3 Å². The van der Waals surface area contributed by atoms with Gasteiger partial charge in [0.25, 0.3) is 10.2 Å². The molecule has 2 aliphatic rings. The van der Waals surface area contributed by atoms with Gasteiger partial charge in [-0.3, -0.25) is 4.90 Å². The summed E-state index contributed by atoms with van der Waals surface area (Å²) >= 11 is 0. The Kier molecular flexibility index (Phi) is 4.04. The largest absolute Gasteiger partial charge is 0.315 e. The summed E-state index contributed by atoms with van der Waals surface area (Å²) in [5.41, 5.74) is 0. The molecule has 0 aromatic heterocycles. The lowest BCUT2D eigenvalue weighted by molar-refractivity contribution is 0.142. The van der Waals surface area contributed by atoms with Gasteiger partial charge in [-0.05, 0) is 13.0 Å². The second kappa shape index (κ2) is 5.19. The zero-order valence-electron chi connectivity index (χ0n) is 10.6. The van der Waals surface area contributed by atoms with Crippen LogP contribution in [0.4, 0.5) is 0 Å². The molecule has 0 aromatic rings. The highest BCUT2D eigenvalue weighted by Crippen LogP contribution is 2.14. The van der Waals surface area contributed by atoms with Crippen LogP contribution in [-0.2, 0) is 10.2 Å². The summed E-state index contributed by atoms with van der Waals surface area (Å²) in [4.78, 5) is 2.40. The summed E-state index contributed by atoms with van der Waals surface area (Å²) in [6, 6.07) is 0.596.